The van der Waals surface area contributed by atoms with Gasteiger partial charge in [-0.25, -0.2) is 4.98 Å². The number of nitro benzene ring substituents is 1. The molecule has 1 N–H and O–H groups in total. The lowest BCUT2D eigenvalue weighted by Gasteiger charge is -2.05. The van der Waals surface area contributed by atoms with Gasteiger partial charge in [-0.1, -0.05) is 12.1 Å². The van der Waals surface area contributed by atoms with Gasteiger partial charge in [-0.15, -0.1) is 0 Å². The lowest BCUT2D eigenvalue weighted by Crippen LogP contribution is -2.13. The smallest absolute Gasteiger partial charge is 0.273 e. The van der Waals surface area contributed by atoms with Gasteiger partial charge in [-0.3, -0.25) is 14.9 Å². The van der Waals surface area contributed by atoms with Crippen LogP contribution >= 0.6 is 15.9 Å². The van der Waals surface area contributed by atoms with Crippen molar-refractivity contribution in [3.05, 3.63) is 62.2 Å². The van der Waals surface area contributed by atoms with E-state index in [1.54, 1.807) is 31.2 Å². The van der Waals surface area contributed by atoms with Crippen LogP contribution in [0.5, 0.6) is 0 Å². The molecule has 1 amide bonds. The van der Waals surface area contributed by atoms with Gasteiger partial charge in [-0.05, 0) is 41.1 Å². The second kappa shape index (κ2) is 5.79. The van der Waals surface area contributed by atoms with Crippen molar-refractivity contribution in [2.45, 2.75) is 6.92 Å². The molecular formula is C13H10BrN3O3. The van der Waals surface area contributed by atoms with Gasteiger partial charge in [0.25, 0.3) is 11.6 Å². The maximum Gasteiger partial charge on any atom is 0.273 e. The van der Waals surface area contributed by atoms with Crippen LogP contribution in [0.2, 0.25) is 0 Å². The van der Waals surface area contributed by atoms with Crippen molar-refractivity contribution in [3.8, 4) is 0 Å². The lowest BCUT2D eigenvalue weighted by atomic mass is 10.1. The number of hydrogen-bond donors (Lipinski definition) is 1. The number of benzene rings is 1. The number of nitro groups is 1. The van der Waals surface area contributed by atoms with E-state index in [4.69, 9.17) is 0 Å². The van der Waals surface area contributed by atoms with Crippen LogP contribution in [-0.4, -0.2) is 15.8 Å². The van der Waals surface area contributed by atoms with E-state index in [-0.39, 0.29) is 11.3 Å². The fraction of sp³-hybridized carbons (Fsp3) is 0.0769. The average molecular weight is 336 g/mol. The molecule has 0 saturated carbocycles. The molecule has 1 aromatic carbocycles. The second-order valence-corrected chi connectivity index (χ2v) is 4.87. The molecule has 0 aliphatic carbocycles. The first-order chi connectivity index (χ1) is 9.47. The number of amides is 1. The third kappa shape index (κ3) is 3.18. The van der Waals surface area contributed by atoms with Crippen molar-refractivity contribution in [3.63, 3.8) is 0 Å². The van der Waals surface area contributed by atoms with Crippen LogP contribution in [0, 0.1) is 17.0 Å². The monoisotopic (exact) mass is 335 g/mol. The molecular weight excluding hydrogens is 326 g/mol. The number of anilines is 1. The van der Waals surface area contributed by atoms with E-state index >= 15 is 0 Å². The van der Waals surface area contributed by atoms with Gasteiger partial charge >= 0.3 is 0 Å². The minimum Gasteiger partial charge on any atom is -0.307 e. The summed E-state index contributed by atoms with van der Waals surface area (Å²) in [5, 5.41) is 13.4. The first-order valence-electron chi connectivity index (χ1n) is 5.66. The molecule has 7 heteroatoms. The van der Waals surface area contributed by atoms with E-state index in [0.717, 1.165) is 0 Å². The van der Waals surface area contributed by atoms with Gasteiger partial charge in [0.15, 0.2) is 0 Å². The molecule has 1 heterocycles. The number of nitrogens with one attached hydrogen (secondary N) is 1. The van der Waals surface area contributed by atoms with E-state index in [1.807, 2.05) is 0 Å². The van der Waals surface area contributed by atoms with E-state index in [9.17, 15) is 14.9 Å². The Kier molecular flexibility index (Phi) is 4.09. The van der Waals surface area contributed by atoms with E-state index in [2.05, 4.69) is 26.2 Å². The lowest BCUT2D eigenvalue weighted by molar-refractivity contribution is -0.385. The molecule has 2 aromatic rings. The fourth-order valence-corrected chi connectivity index (χ4v) is 1.96. The number of carbonyl (C=O) groups excluding carboxylic acids is 1. The predicted octanol–water partition coefficient (Wildman–Crippen LogP) is 3.31. The fourth-order valence-electron chi connectivity index (χ4n) is 1.61. The molecule has 0 fully saturated rings. The van der Waals surface area contributed by atoms with Crippen molar-refractivity contribution < 1.29 is 9.72 Å². The van der Waals surface area contributed by atoms with Crippen LogP contribution in [0.3, 0.4) is 0 Å². The number of halogens is 1. The zero-order valence-electron chi connectivity index (χ0n) is 10.5. The molecule has 0 aliphatic heterocycles. The average Bonchev–Trinajstić information content (AvgIpc) is 2.38. The third-order valence-electron chi connectivity index (χ3n) is 2.62. The zero-order valence-corrected chi connectivity index (χ0v) is 12.0. The number of nitrogens with zero attached hydrogens (tertiary/aromatic N) is 2. The topological polar surface area (TPSA) is 85.1 Å². The van der Waals surface area contributed by atoms with E-state index < -0.39 is 10.8 Å². The first kappa shape index (κ1) is 14.1. The number of rotatable bonds is 3. The van der Waals surface area contributed by atoms with Crippen molar-refractivity contribution in [1.29, 1.82) is 0 Å². The summed E-state index contributed by atoms with van der Waals surface area (Å²) in [6.07, 6.45) is 0. The Morgan fingerprint density at radius 3 is 2.75 bits per heavy atom. The van der Waals surface area contributed by atoms with Crippen molar-refractivity contribution in [1.82, 2.24) is 4.98 Å². The van der Waals surface area contributed by atoms with Crippen molar-refractivity contribution in [2.75, 3.05) is 5.32 Å². The molecule has 0 atom stereocenters. The molecule has 0 saturated heterocycles. The number of aromatic nitrogens is 1. The summed E-state index contributed by atoms with van der Waals surface area (Å²) in [6.45, 7) is 1.62. The van der Waals surface area contributed by atoms with E-state index in [0.29, 0.717) is 16.0 Å². The molecule has 1 aromatic heterocycles. The summed E-state index contributed by atoms with van der Waals surface area (Å²) in [4.78, 5) is 26.4. The Balaban J connectivity index is 2.26. The standard InChI is InChI=1S/C13H10BrN3O3/c1-8-5-6-9(7-10(8)17(19)20)13(18)16-12-4-2-3-11(14)15-12/h2-7H,1H3,(H,15,16,18). The Morgan fingerprint density at radius 2 is 2.10 bits per heavy atom. The van der Waals surface area contributed by atoms with Crippen LogP contribution in [0.15, 0.2) is 41.0 Å². The minimum absolute atomic E-state index is 0.0835. The summed E-state index contributed by atoms with van der Waals surface area (Å²) < 4.78 is 0.588. The Labute approximate surface area is 123 Å². The molecule has 0 radical (unpaired) electrons. The number of pyridine rings is 1. The largest absolute Gasteiger partial charge is 0.307 e. The molecule has 0 bridgehead atoms. The number of aryl methyl sites for hydroxylation is 1. The Morgan fingerprint density at radius 1 is 1.35 bits per heavy atom. The molecule has 0 aliphatic rings. The maximum absolute atomic E-state index is 12.0. The van der Waals surface area contributed by atoms with Gasteiger partial charge in [0.05, 0.1) is 4.92 Å². The highest BCUT2D eigenvalue weighted by Crippen LogP contribution is 2.20. The maximum atomic E-state index is 12.0. The molecule has 6 nitrogen and oxygen atoms in total. The SMILES string of the molecule is Cc1ccc(C(=O)Nc2cccc(Br)n2)cc1[N+](=O)[O-]. The summed E-state index contributed by atoms with van der Waals surface area (Å²) in [6, 6.07) is 9.42. The number of carbonyl (C=O) groups is 1. The highest BCUT2D eigenvalue weighted by molar-refractivity contribution is 9.10. The van der Waals surface area contributed by atoms with Gasteiger partial charge in [0, 0.05) is 17.2 Å². The molecule has 0 unspecified atom stereocenters. The molecule has 102 valence electrons. The van der Waals surface area contributed by atoms with Gasteiger partial charge in [0.2, 0.25) is 0 Å². The molecule has 0 spiro atoms. The van der Waals surface area contributed by atoms with Crippen LogP contribution in [0.1, 0.15) is 15.9 Å². The van der Waals surface area contributed by atoms with Crippen LogP contribution in [0.4, 0.5) is 11.5 Å². The Hall–Kier alpha value is -2.28. The highest BCUT2D eigenvalue weighted by atomic mass is 79.9. The molecule has 2 rings (SSSR count). The van der Waals surface area contributed by atoms with Gasteiger partial charge in [0.1, 0.15) is 10.4 Å². The Bertz CT molecular complexity index is 688. The normalized spacial score (nSPS) is 10.1. The predicted molar refractivity (Wildman–Crippen MR) is 77.7 cm³/mol. The summed E-state index contributed by atoms with van der Waals surface area (Å²) in [5.41, 5.74) is 0.635. The second-order valence-electron chi connectivity index (χ2n) is 4.06. The van der Waals surface area contributed by atoms with Gasteiger partial charge in [-0.2, -0.15) is 0 Å². The zero-order chi connectivity index (χ0) is 14.7. The van der Waals surface area contributed by atoms with Gasteiger partial charge < -0.3 is 5.32 Å². The van der Waals surface area contributed by atoms with Crippen molar-refractivity contribution in [2.24, 2.45) is 0 Å². The highest BCUT2D eigenvalue weighted by Gasteiger charge is 2.15. The number of hydrogen-bond acceptors (Lipinski definition) is 4. The summed E-state index contributed by atoms with van der Waals surface area (Å²) in [7, 11) is 0. The third-order valence-corrected chi connectivity index (χ3v) is 3.07. The summed E-state index contributed by atoms with van der Waals surface area (Å²) in [5.74, 6) is -0.0775. The minimum atomic E-state index is -0.510. The van der Waals surface area contributed by atoms with Crippen LogP contribution in [-0.2, 0) is 0 Å². The molecule has 20 heavy (non-hydrogen) atoms. The van der Waals surface area contributed by atoms with E-state index in [1.165, 1.54) is 12.1 Å². The van der Waals surface area contributed by atoms with Crippen molar-refractivity contribution >= 4 is 33.3 Å². The van der Waals surface area contributed by atoms with Crippen LogP contribution < -0.4 is 5.32 Å². The van der Waals surface area contributed by atoms with Crippen LogP contribution in [0.25, 0.3) is 0 Å². The quantitative estimate of drug-likeness (QED) is 0.529. The first-order valence-corrected chi connectivity index (χ1v) is 6.45. The summed E-state index contributed by atoms with van der Waals surface area (Å²) >= 11 is 3.20.